The van der Waals surface area contributed by atoms with Gasteiger partial charge >= 0.3 is 6.15 Å². The van der Waals surface area contributed by atoms with Crippen molar-refractivity contribution in [2.75, 3.05) is 0 Å². The maximum atomic E-state index is 12.3. The van der Waals surface area contributed by atoms with Crippen LogP contribution in [0.4, 0.5) is 0 Å². The maximum absolute atomic E-state index is 12.3. The molecule has 3 atom stereocenters. The van der Waals surface area contributed by atoms with Gasteiger partial charge in [0.1, 0.15) is 5.84 Å². The van der Waals surface area contributed by atoms with E-state index >= 15 is 0 Å². The summed E-state index contributed by atoms with van der Waals surface area (Å²) in [6, 6.07) is 19.3. The quantitative estimate of drug-likeness (QED) is 0.904. The van der Waals surface area contributed by atoms with Crippen LogP contribution in [0.3, 0.4) is 0 Å². The first-order valence-electron chi connectivity index (χ1n) is 7.63. The van der Waals surface area contributed by atoms with Crippen LogP contribution in [0.1, 0.15) is 22.6 Å². The first-order valence-corrected chi connectivity index (χ1v) is 7.63. The average molecular weight is 331 g/mol. The lowest BCUT2D eigenvalue weighted by Crippen LogP contribution is -2.36. The summed E-state index contributed by atoms with van der Waals surface area (Å²) in [6.07, 6.45) is 0.250. The summed E-state index contributed by atoms with van der Waals surface area (Å²) in [5.74, 6) is 0.768. The highest BCUT2D eigenvalue weighted by Crippen LogP contribution is 2.51. The summed E-state index contributed by atoms with van der Waals surface area (Å²) in [7, 11) is 0. The van der Waals surface area contributed by atoms with E-state index in [4.69, 9.17) is 19.8 Å². The number of benzene rings is 2. The number of aliphatic imine (C=N–C) groups is 1. The van der Waals surface area contributed by atoms with Crippen molar-refractivity contribution in [3.63, 3.8) is 0 Å². The number of fused-ring (bicyclic) bond motifs is 1. The molecule has 1 heterocycles. The summed E-state index contributed by atoms with van der Waals surface area (Å²) in [5, 5.41) is 11.7. The molecule has 1 aliphatic carbocycles. The number of hydrogen-bond donors (Lipinski definition) is 1. The summed E-state index contributed by atoms with van der Waals surface area (Å²) in [5.41, 5.74) is 2.60. The number of carbonyl (C=O) groups excluding carboxylic acids is 3. The van der Waals surface area contributed by atoms with Crippen LogP contribution in [0, 0.1) is 17.2 Å². The Morgan fingerprint density at radius 2 is 1.60 bits per heavy atom. The van der Waals surface area contributed by atoms with Gasteiger partial charge in [0.2, 0.25) is 5.91 Å². The van der Waals surface area contributed by atoms with Gasteiger partial charge in [-0.15, -0.1) is 0 Å². The van der Waals surface area contributed by atoms with Gasteiger partial charge in [0, 0.05) is 11.5 Å². The molecule has 3 unspecified atom stereocenters. The molecule has 1 fully saturated rings. The molecular formula is C19H13N3O3. The Bertz CT molecular complexity index is 892. The van der Waals surface area contributed by atoms with Gasteiger partial charge in [-0.25, -0.2) is 0 Å². The van der Waals surface area contributed by atoms with Gasteiger partial charge in [-0.3, -0.25) is 9.79 Å². The lowest BCUT2D eigenvalue weighted by Gasteiger charge is -2.12. The molecule has 6 nitrogen and oxygen atoms in total. The molecule has 0 bridgehead atoms. The van der Waals surface area contributed by atoms with E-state index in [1.54, 1.807) is 12.1 Å². The minimum absolute atomic E-state index is 0.0294. The molecule has 1 aliphatic heterocycles. The third-order valence-corrected chi connectivity index (χ3v) is 4.28. The van der Waals surface area contributed by atoms with Crippen molar-refractivity contribution in [2.24, 2.45) is 10.9 Å². The van der Waals surface area contributed by atoms with Gasteiger partial charge in [0.05, 0.1) is 23.6 Å². The zero-order chi connectivity index (χ0) is 17.8. The van der Waals surface area contributed by atoms with E-state index in [0.717, 1.165) is 11.1 Å². The van der Waals surface area contributed by atoms with Gasteiger partial charge < -0.3 is 5.32 Å². The molecule has 0 saturated heterocycles. The second-order valence-corrected chi connectivity index (χ2v) is 5.69. The number of nitriles is 1. The maximum Gasteiger partial charge on any atom is 0.373 e. The van der Waals surface area contributed by atoms with Crippen molar-refractivity contribution in [2.45, 2.75) is 12.0 Å². The molecule has 122 valence electrons. The van der Waals surface area contributed by atoms with Crippen molar-refractivity contribution in [1.29, 1.82) is 5.26 Å². The van der Waals surface area contributed by atoms with Gasteiger partial charge in [0.15, 0.2) is 0 Å². The molecule has 2 aliphatic rings. The lowest BCUT2D eigenvalue weighted by atomic mass is 10.1. The molecule has 25 heavy (non-hydrogen) atoms. The number of hydrogen-bond acceptors (Lipinski definition) is 5. The van der Waals surface area contributed by atoms with Crippen molar-refractivity contribution in [3.05, 3.63) is 71.3 Å². The number of nitrogens with zero attached hydrogens (tertiary/aromatic N) is 2. The molecule has 2 aromatic rings. The fourth-order valence-electron chi connectivity index (χ4n) is 3.08. The van der Waals surface area contributed by atoms with Crippen LogP contribution in [0.5, 0.6) is 0 Å². The highest BCUT2D eigenvalue weighted by atomic mass is 16.2. The summed E-state index contributed by atoms with van der Waals surface area (Å²) in [4.78, 5) is 33.2. The van der Waals surface area contributed by atoms with Crippen molar-refractivity contribution < 1.29 is 14.4 Å². The van der Waals surface area contributed by atoms with E-state index in [2.05, 4.69) is 11.4 Å². The fraction of sp³-hybridized carbons (Fsp3) is 0.158. The molecule has 1 amide bonds. The number of amidine groups is 1. The number of amides is 1. The van der Waals surface area contributed by atoms with Crippen molar-refractivity contribution in [1.82, 2.24) is 5.32 Å². The molecule has 1 N–H and O–H groups in total. The van der Waals surface area contributed by atoms with E-state index in [-0.39, 0.29) is 29.9 Å². The fourth-order valence-corrected chi connectivity index (χ4v) is 3.08. The average Bonchev–Trinajstić information content (AvgIpc) is 3.38. The Morgan fingerprint density at radius 1 is 0.960 bits per heavy atom. The molecule has 6 heteroatoms. The number of nitrogens with one attached hydrogen (secondary N) is 1. The monoisotopic (exact) mass is 331 g/mol. The largest absolute Gasteiger partial charge is 0.373 e. The van der Waals surface area contributed by atoms with E-state index in [1.807, 2.05) is 42.5 Å². The van der Waals surface area contributed by atoms with E-state index in [9.17, 15) is 4.79 Å². The zero-order valence-corrected chi connectivity index (χ0v) is 13.0. The molecule has 0 radical (unpaired) electrons. The normalized spacial score (nSPS) is 22.8. The molecule has 4 rings (SSSR count). The van der Waals surface area contributed by atoms with Gasteiger partial charge in [0.25, 0.3) is 0 Å². The minimum atomic E-state index is -0.0514. The molecule has 2 aromatic carbocycles. The number of rotatable bonds is 2. The topological polar surface area (TPSA) is 99.4 Å². The van der Waals surface area contributed by atoms with Crippen LogP contribution in [0.25, 0.3) is 0 Å². The van der Waals surface area contributed by atoms with Crippen LogP contribution in [-0.4, -0.2) is 23.9 Å². The second kappa shape index (κ2) is 6.91. The summed E-state index contributed by atoms with van der Waals surface area (Å²) >= 11 is 0. The third-order valence-electron chi connectivity index (χ3n) is 4.28. The Balaban J connectivity index is 0.000000569. The van der Waals surface area contributed by atoms with Crippen LogP contribution in [-0.2, 0) is 14.4 Å². The van der Waals surface area contributed by atoms with Crippen molar-refractivity contribution >= 4 is 17.9 Å². The van der Waals surface area contributed by atoms with E-state index < -0.39 is 0 Å². The predicted octanol–water partition coefficient (Wildman–Crippen LogP) is 1.63. The minimum Gasteiger partial charge on any atom is -0.310 e. The SMILES string of the molecule is N#Cc1ccc(C2=NC3C(C(=O)N2)C3c2ccccc2)cc1.O=C=O. The summed E-state index contributed by atoms with van der Waals surface area (Å²) in [6.45, 7) is 0. The van der Waals surface area contributed by atoms with Gasteiger partial charge in [-0.2, -0.15) is 14.9 Å². The van der Waals surface area contributed by atoms with Crippen LogP contribution in [0.2, 0.25) is 0 Å². The Labute approximate surface area is 143 Å². The Kier molecular flexibility index (Phi) is 4.51. The lowest BCUT2D eigenvalue weighted by molar-refractivity contribution is -0.191. The molecule has 1 saturated carbocycles. The van der Waals surface area contributed by atoms with E-state index in [0.29, 0.717) is 11.4 Å². The summed E-state index contributed by atoms with van der Waals surface area (Å²) < 4.78 is 0. The van der Waals surface area contributed by atoms with Gasteiger partial charge in [-0.05, 0) is 29.8 Å². The highest BCUT2D eigenvalue weighted by Gasteiger charge is 2.58. The molecular weight excluding hydrogens is 318 g/mol. The molecule has 0 aromatic heterocycles. The smallest absolute Gasteiger partial charge is 0.310 e. The Hall–Kier alpha value is -3.55. The predicted molar refractivity (Wildman–Crippen MR) is 87.3 cm³/mol. The second-order valence-electron chi connectivity index (χ2n) is 5.69. The van der Waals surface area contributed by atoms with Crippen LogP contribution < -0.4 is 5.32 Å². The van der Waals surface area contributed by atoms with E-state index in [1.165, 1.54) is 0 Å². The first kappa shape index (κ1) is 16.3. The third kappa shape index (κ3) is 3.23. The van der Waals surface area contributed by atoms with Crippen molar-refractivity contribution in [3.8, 4) is 6.07 Å². The molecule has 0 spiro atoms. The van der Waals surface area contributed by atoms with Gasteiger partial charge in [-0.1, -0.05) is 30.3 Å². The van der Waals surface area contributed by atoms with Crippen LogP contribution in [0.15, 0.2) is 59.6 Å². The Morgan fingerprint density at radius 3 is 2.20 bits per heavy atom. The number of carbonyl (C=O) groups is 1. The first-order chi connectivity index (χ1) is 12.2. The highest BCUT2D eigenvalue weighted by molar-refractivity contribution is 6.11. The zero-order valence-electron chi connectivity index (χ0n) is 13.0. The van der Waals surface area contributed by atoms with Crippen LogP contribution >= 0.6 is 0 Å². The standard InChI is InChI=1S/C18H13N3O.CO2/c19-10-11-6-8-13(9-7-11)17-20-16-14(15(16)18(22)21-17)12-4-2-1-3-5-12;2-1-3/h1-9,14-16H,(H,20,21,22);.